The van der Waals surface area contributed by atoms with E-state index in [-0.39, 0.29) is 5.92 Å². The molecule has 13 heavy (non-hydrogen) atoms. The Morgan fingerprint density at radius 3 is 3.08 bits per heavy atom. The maximum atomic E-state index is 11.6. The van der Waals surface area contributed by atoms with Gasteiger partial charge in [-0.3, -0.25) is 4.79 Å². The third kappa shape index (κ3) is 2.99. The molecule has 1 heterocycles. The molecule has 0 bridgehead atoms. The average Bonchev–Trinajstić information content (AvgIpc) is 2.13. The Morgan fingerprint density at radius 2 is 2.38 bits per heavy atom. The molecule has 0 radical (unpaired) electrons. The van der Waals surface area contributed by atoms with Gasteiger partial charge in [0.2, 0.25) is 5.91 Å². The summed E-state index contributed by atoms with van der Waals surface area (Å²) in [5.74, 6) is 0.602. The molecule has 1 N–H and O–H groups in total. The second kappa shape index (κ2) is 5.22. The summed E-state index contributed by atoms with van der Waals surface area (Å²) in [5.41, 5.74) is 0. The Bertz CT molecular complexity index is 170. The zero-order chi connectivity index (χ0) is 9.68. The molecule has 0 aromatic rings. The first-order chi connectivity index (χ1) is 6.25. The van der Waals surface area contributed by atoms with E-state index in [1.54, 1.807) is 0 Å². The summed E-state index contributed by atoms with van der Waals surface area (Å²) in [6, 6.07) is 0. The molecule has 1 unspecified atom stereocenters. The van der Waals surface area contributed by atoms with E-state index in [4.69, 9.17) is 0 Å². The zero-order valence-corrected chi connectivity index (χ0v) is 8.68. The van der Waals surface area contributed by atoms with Gasteiger partial charge in [-0.25, -0.2) is 0 Å². The predicted molar refractivity (Wildman–Crippen MR) is 53.5 cm³/mol. The molecular formula is C10H20N2O. The van der Waals surface area contributed by atoms with Crippen molar-refractivity contribution < 1.29 is 4.79 Å². The van der Waals surface area contributed by atoms with Gasteiger partial charge < -0.3 is 10.2 Å². The van der Waals surface area contributed by atoms with Crippen molar-refractivity contribution in [3.63, 3.8) is 0 Å². The van der Waals surface area contributed by atoms with Crippen molar-refractivity contribution in [3.8, 4) is 0 Å². The molecular weight excluding hydrogens is 164 g/mol. The molecule has 0 saturated carbocycles. The number of nitrogens with zero attached hydrogens (tertiary/aromatic N) is 1. The Balaban J connectivity index is 2.27. The number of carbonyl (C=O) groups is 1. The fourth-order valence-electron chi connectivity index (χ4n) is 1.80. The molecule has 1 atom stereocenters. The Hall–Kier alpha value is -0.570. The van der Waals surface area contributed by atoms with E-state index in [2.05, 4.69) is 5.32 Å². The number of likely N-dealkylation sites (tertiary alicyclic amines) is 1. The van der Waals surface area contributed by atoms with E-state index in [1.807, 2.05) is 18.9 Å². The van der Waals surface area contributed by atoms with Crippen molar-refractivity contribution in [2.24, 2.45) is 5.92 Å². The van der Waals surface area contributed by atoms with Crippen molar-refractivity contribution in [1.82, 2.24) is 10.2 Å². The van der Waals surface area contributed by atoms with Crippen LogP contribution in [0.4, 0.5) is 0 Å². The molecule has 0 aromatic heterocycles. The highest BCUT2D eigenvalue weighted by Crippen LogP contribution is 2.16. The maximum absolute atomic E-state index is 11.6. The normalized spacial score (nSPS) is 23.7. The second-order valence-corrected chi connectivity index (χ2v) is 3.83. The van der Waals surface area contributed by atoms with E-state index in [0.29, 0.717) is 5.91 Å². The number of hydrogen-bond acceptors (Lipinski definition) is 2. The molecule has 3 heteroatoms. The van der Waals surface area contributed by atoms with Crippen LogP contribution in [0.25, 0.3) is 0 Å². The van der Waals surface area contributed by atoms with Crippen molar-refractivity contribution >= 4 is 5.91 Å². The van der Waals surface area contributed by atoms with Crippen LogP contribution in [0.1, 0.15) is 26.2 Å². The van der Waals surface area contributed by atoms with Gasteiger partial charge in [0.1, 0.15) is 0 Å². The maximum Gasteiger partial charge on any atom is 0.225 e. The number of rotatable bonds is 4. The monoisotopic (exact) mass is 184 g/mol. The lowest BCUT2D eigenvalue weighted by Crippen LogP contribution is -2.41. The van der Waals surface area contributed by atoms with Gasteiger partial charge in [0.25, 0.3) is 0 Å². The van der Waals surface area contributed by atoms with Crippen LogP contribution in [0.5, 0.6) is 0 Å². The summed E-state index contributed by atoms with van der Waals surface area (Å²) in [6.07, 6.45) is 3.31. The topological polar surface area (TPSA) is 32.3 Å². The van der Waals surface area contributed by atoms with Gasteiger partial charge in [0.15, 0.2) is 0 Å². The standard InChI is InChI=1S/C10H20N2O/c1-9-5-3-7-12(10(9)13)8-4-6-11-2/h9,11H,3-8H2,1-2H3. The van der Waals surface area contributed by atoms with Crippen LogP contribution < -0.4 is 5.32 Å². The second-order valence-electron chi connectivity index (χ2n) is 3.83. The largest absolute Gasteiger partial charge is 0.342 e. The number of piperidine rings is 1. The summed E-state index contributed by atoms with van der Waals surface area (Å²) in [4.78, 5) is 13.6. The SMILES string of the molecule is CNCCCN1CCCC(C)C1=O. The van der Waals surface area contributed by atoms with E-state index in [1.165, 1.54) is 6.42 Å². The molecule has 0 spiro atoms. The van der Waals surface area contributed by atoms with Gasteiger partial charge in [-0.15, -0.1) is 0 Å². The lowest BCUT2D eigenvalue weighted by Gasteiger charge is -2.30. The first-order valence-electron chi connectivity index (χ1n) is 5.19. The minimum absolute atomic E-state index is 0.253. The number of amides is 1. The minimum atomic E-state index is 0.253. The van der Waals surface area contributed by atoms with Crippen LogP contribution in [-0.2, 0) is 4.79 Å². The smallest absolute Gasteiger partial charge is 0.225 e. The Kier molecular flexibility index (Phi) is 4.22. The highest BCUT2D eigenvalue weighted by atomic mass is 16.2. The number of carbonyl (C=O) groups excluding carboxylic acids is 1. The van der Waals surface area contributed by atoms with Gasteiger partial charge >= 0.3 is 0 Å². The first-order valence-corrected chi connectivity index (χ1v) is 5.19. The van der Waals surface area contributed by atoms with Crippen LogP contribution in [0.15, 0.2) is 0 Å². The molecule has 1 rings (SSSR count). The van der Waals surface area contributed by atoms with Gasteiger partial charge in [-0.1, -0.05) is 6.92 Å². The molecule has 1 fully saturated rings. The minimum Gasteiger partial charge on any atom is -0.342 e. The lowest BCUT2D eigenvalue weighted by molar-refractivity contribution is -0.137. The molecule has 1 amide bonds. The predicted octanol–water partition coefficient (Wildman–Crippen LogP) is 0.854. The van der Waals surface area contributed by atoms with Crippen molar-refractivity contribution in [1.29, 1.82) is 0 Å². The summed E-state index contributed by atoms with van der Waals surface area (Å²) in [7, 11) is 1.95. The molecule has 76 valence electrons. The van der Waals surface area contributed by atoms with Crippen LogP contribution in [-0.4, -0.2) is 37.5 Å². The fourth-order valence-corrected chi connectivity index (χ4v) is 1.80. The van der Waals surface area contributed by atoms with Crippen molar-refractivity contribution in [2.45, 2.75) is 26.2 Å². The van der Waals surface area contributed by atoms with Crippen LogP contribution in [0, 0.1) is 5.92 Å². The summed E-state index contributed by atoms with van der Waals surface area (Å²) < 4.78 is 0. The van der Waals surface area contributed by atoms with Crippen LogP contribution in [0.2, 0.25) is 0 Å². The van der Waals surface area contributed by atoms with E-state index in [0.717, 1.165) is 32.5 Å². The molecule has 3 nitrogen and oxygen atoms in total. The van der Waals surface area contributed by atoms with Crippen molar-refractivity contribution in [3.05, 3.63) is 0 Å². The fraction of sp³-hybridized carbons (Fsp3) is 0.900. The molecule has 0 aromatic carbocycles. The van der Waals surface area contributed by atoms with E-state index in [9.17, 15) is 4.79 Å². The molecule has 1 saturated heterocycles. The third-order valence-corrected chi connectivity index (χ3v) is 2.65. The van der Waals surface area contributed by atoms with Gasteiger partial charge in [0, 0.05) is 19.0 Å². The van der Waals surface area contributed by atoms with Gasteiger partial charge in [-0.05, 0) is 32.9 Å². The zero-order valence-electron chi connectivity index (χ0n) is 8.68. The molecule has 0 aliphatic carbocycles. The summed E-state index contributed by atoms with van der Waals surface area (Å²) in [6.45, 7) is 4.92. The van der Waals surface area contributed by atoms with Gasteiger partial charge in [0.05, 0.1) is 0 Å². The highest BCUT2D eigenvalue weighted by Gasteiger charge is 2.23. The lowest BCUT2D eigenvalue weighted by atomic mass is 9.99. The summed E-state index contributed by atoms with van der Waals surface area (Å²) in [5, 5.41) is 3.10. The highest BCUT2D eigenvalue weighted by molar-refractivity contribution is 5.79. The quantitative estimate of drug-likeness (QED) is 0.657. The molecule has 1 aliphatic heterocycles. The van der Waals surface area contributed by atoms with E-state index >= 15 is 0 Å². The Labute approximate surface area is 80.5 Å². The molecule has 1 aliphatic rings. The Morgan fingerprint density at radius 1 is 1.62 bits per heavy atom. The average molecular weight is 184 g/mol. The summed E-state index contributed by atoms with van der Waals surface area (Å²) >= 11 is 0. The first kappa shape index (κ1) is 10.5. The number of hydrogen-bond donors (Lipinski definition) is 1. The van der Waals surface area contributed by atoms with Crippen molar-refractivity contribution in [2.75, 3.05) is 26.7 Å². The van der Waals surface area contributed by atoms with Crippen LogP contribution >= 0.6 is 0 Å². The van der Waals surface area contributed by atoms with E-state index < -0.39 is 0 Å². The van der Waals surface area contributed by atoms with Gasteiger partial charge in [-0.2, -0.15) is 0 Å². The van der Waals surface area contributed by atoms with Crippen LogP contribution in [0.3, 0.4) is 0 Å². The number of nitrogens with one attached hydrogen (secondary N) is 1. The third-order valence-electron chi connectivity index (χ3n) is 2.65.